The topological polar surface area (TPSA) is 65.0 Å². The number of hydrogen-bond acceptors (Lipinski definition) is 6. The first kappa shape index (κ1) is 11.7. The summed E-state index contributed by atoms with van der Waals surface area (Å²) < 4.78 is 25.7. The number of hydrogen-bond donors (Lipinski definition) is 0. The van der Waals surface area contributed by atoms with Gasteiger partial charge in [-0.15, -0.1) is 0 Å². The molecule has 0 aromatic rings. The van der Waals surface area contributed by atoms with Gasteiger partial charge in [0, 0.05) is 10.8 Å². The van der Waals surface area contributed by atoms with Crippen molar-refractivity contribution in [3.63, 3.8) is 0 Å². The van der Waals surface area contributed by atoms with E-state index in [1.54, 1.807) is 6.92 Å². The molecule has 0 unspecified atom stereocenters. The molecule has 0 spiro atoms. The lowest BCUT2D eigenvalue weighted by molar-refractivity contribution is 0.213. The normalized spacial score (nSPS) is 13.1. The Bertz CT molecular complexity index is 246. The lowest BCUT2D eigenvalue weighted by atomic mass is 10.5. The lowest BCUT2D eigenvalue weighted by Crippen LogP contribution is -2.03. The largest absolute Gasteiger partial charge is 0.399 e. The van der Waals surface area contributed by atoms with Crippen LogP contribution in [0.5, 0.6) is 0 Å². The summed E-state index contributed by atoms with van der Waals surface area (Å²) in [5.41, 5.74) is 0.586. The Morgan fingerprint density at radius 3 is 2.50 bits per heavy atom. The molecule has 0 saturated heterocycles. The van der Waals surface area contributed by atoms with Gasteiger partial charge in [-0.25, -0.2) is 0 Å². The summed E-state index contributed by atoms with van der Waals surface area (Å²) in [4.78, 5) is 4.44. The van der Waals surface area contributed by atoms with E-state index in [2.05, 4.69) is 14.2 Å². The van der Waals surface area contributed by atoms with Crippen LogP contribution in [-0.4, -0.2) is 34.1 Å². The van der Waals surface area contributed by atoms with Crippen LogP contribution < -0.4 is 0 Å². The van der Waals surface area contributed by atoms with Gasteiger partial charge in [0.1, 0.15) is 7.11 Å². The van der Waals surface area contributed by atoms with Crippen molar-refractivity contribution in [2.75, 3.05) is 20.0 Å². The first-order chi connectivity index (χ1) is 5.52. The van der Waals surface area contributed by atoms with Crippen LogP contribution >= 0.6 is 10.8 Å². The van der Waals surface area contributed by atoms with Gasteiger partial charge in [-0.2, -0.15) is 8.42 Å². The van der Waals surface area contributed by atoms with Crippen LogP contribution in [0.2, 0.25) is 0 Å². The van der Waals surface area contributed by atoms with Crippen molar-refractivity contribution in [1.82, 2.24) is 0 Å². The monoisotopic (exact) mass is 213 g/mol. The van der Waals surface area contributed by atoms with Crippen LogP contribution in [0.25, 0.3) is 0 Å². The minimum absolute atomic E-state index is 0.240. The van der Waals surface area contributed by atoms with Crippen LogP contribution in [0, 0.1) is 0 Å². The van der Waals surface area contributed by atoms with Gasteiger partial charge in [-0.1, -0.05) is 5.16 Å². The third kappa shape index (κ3) is 5.39. The average Bonchev–Trinajstić information content (AvgIpc) is 2.02. The van der Waals surface area contributed by atoms with E-state index in [1.807, 2.05) is 0 Å². The SMILES string of the molecule is CON=C(C)CSS(=O)(=O)OC. The molecule has 5 nitrogen and oxygen atoms in total. The highest BCUT2D eigenvalue weighted by Crippen LogP contribution is 2.12. The zero-order valence-electron chi connectivity index (χ0n) is 7.10. The second-order valence-electron chi connectivity index (χ2n) is 1.85. The van der Waals surface area contributed by atoms with Crippen LogP contribution in [0.3, 0.4) is 0 Å². The Kier molecular flexibility index (Phi) is 5.27. The van der Waals surface area contributed by atoms with Crippen LogP contribution in [0.4, 0.5) is 0 Å². The second kappa shape index (κ2) is 5.39. The maximum Gasteiger partial charge on any atom is 0.322 e. The lowest BCUT2D eigenvalue weighted by Gasteiger charge is -1.99. The molecular formula is C5H11NO4S2. The smallest absolute Gasteiger partial charge is 0.322 e. The molecule has 0 saturated carbocycles. The molecule has 72 valence electrons. The van der Waals surface area contributed by atoms with Gasteiger partial charge in [0.25, 0.3) is 0 Å². The van der Waals surface area contributed by atoms with Gasteiger partial charge < -0.3 is 4.84 Å². The van der Waals surface area contributed by atoms with E-state index in [4.69, 9.17) is 0 Å². The van der Waals surface area contributed by atoms with Gasteiger partial charge in [-0.05, 0) is 6.92 Å². The zero-order valence-corrected chi connectivity index (χ0v) is 8.74. The average molecular weight is 213 g/mol. The van der Waals surface area contributed by atoms with Gasteiger partial charge >= 0.3 is 9.15 Å². The molecular weight excluding hydrogens is 202 g/mol. The van der Waals surface area contributed by atoms with Crippen LogP contribution in [0.1, 0.15) is 6.92 Å². The summed E-state index contributed by atoms with van der Waals surface area (Å²) in [7, 11) is -0.269. The summed E-state index contributed by atoms with van der Waals surface area (Å²) in [5, 5.41) is 3.54. The molecule has 0 aliphatic carbocycles. The van der Waals surface area contributed by atoms with Crippen molar-refractivity contribution < 1.29 is 17.4 Å². The highest BCUT2D eigenvalue weighted by molar-refractivity contribution is 8.70. The number of nitrogens with zero attached hydrogens (tertiary/aromatic N) is 1. The predicted molar refractivity (Wildman–Crippen MR) is 48.5 cm³/mol. The van der Waals surface area contributed by atoms with E-state index in [9.17, 15) is 8.42 Å². The summed E-state index contributed by atoms with van der Waals surface area (Å²) in [5.74, 6) is 0.240. The Morgan fingerprint density at radius 2 is 2.08 bits per heavy atom. The standard InChI is InChI=1S/C5H11NO4S2/c1-5(6-9-2)4-11-12(7,8)10-3/h4H2,1-3H3. The molecule has 0 N–H and O–H groups in total. The first-order valence-corrected chi connectivity index (χ1v) is 5.94. The molecule has 0 rings (SSSR count). The Labute approximate surface area is 75.6 Å². The van der Waals surface area contributed by atoms with Crippen molar-refractivity contribution in [1.29, 1.82) is 0 Å². The second-order valence-corrected chi connectivity index (χ2v) is 5.45. The third-order valence-corrected chi connectivity index (χ3v) is 3.72. The van der Waals surface area contributed by atoms with Crippen molar-refractivity contribution >= 4 is 25.7 Å². The summed E-state index contributed by atoms with van der Waals surface area (Å²) in [6, 6.07) is 0. The van der Waals surface area contributed by atoms with Crippen LogP contribution in [-0.2, 0) is 18.2 Å². The quantitative estimate of drug-likeness (QED) is 0.381. The van der Waals surface area contributed by atoms with E-state index < -0.39 is 9.15 Å². The molecule has 0 heterocycles. The Balaban J connectivity index is 3.92. The Morgan fingerprint density at radius 1 is 1.50 bits per heavy atom. The van der Waals surface area contributed by atoms with Gasteiger partial charge in [0.15, 0.2) is 0 Å². The van der Waals surface area contributed by atoms with Crippen molar-refractivity contribution in [2.24, 2.45) is 5.16 Å². The highest BCUT2D eigenvalue weighted by atomic mass is 33.1. The predicted octanol–water partition coefficient (Wildman–Crippen LogP) is 0.633. The molecule has 7 heteroatoms. The Hall–Kier alpha value is -0.270. The van der Waals surface area contributed by atoms with Crippen molar-refractivity contribution in [2.45, 2.75) is 6.92 Å². The molecule has 0 aromatic carbocycles. The van der Waals surface area contributed by atoms with E-state index in [0.29, 0.717) is 16.5 Å². The molecule has 0 aliphatic rings. The fourth-order valence-corrected chi connectivity index (χ4v) is 2.08. The molecule has 0 aromatic heterocycles. The highest BCUT2D eigenvalue weighted by Gasteiger charge is 2.09. The van der Waals surface area contributed by atoms with Gasteiger partial charge in [0.05, 0.1) is 18.6 Å². The van der Waals surface area contributed by atoms with E-state index in [0.717, 1.165) is 7.11 Å². The molecule has 0 radical (unpaired) electrons. The van der Waals surface area contributed by atoms with E-state index in [-0.39, 0.29) is 5.75 Å². The zero-order chi connectivity index (χ0) is 9.61. The summed E-state index contributed by atoms with van der Waals surface area (Å²) in [6.07, 6.45) is 0. The molecule has 0 atom stereocenters. The fourth-order valence-electron chi connectivity index (χ4n) is 0.388. The molecule has 0 bridgehead atoms. The molecule has 12 heavy (non-hydrogen) atoms. The fraction of sp³-hybridized carbons (Fsp3) is 0.800. The maximum atomic E-state index is 10.8. The molecule has 0 fully saturated rings. The third-order valence-electron chi connectivity index (χ3n) is 0.863. The summed E-state index contributed by atoms with van der Waals surface area (Å²) >= 11 is 0. The van der Waals surface area contributed by atoms with E-state index in [1.165, 1.54) is 7.11 Å². The molecule has 0 amide bonds. The van der Waals surface area contributed by atoms with Gasteiger partial charge in [-0.3, -0.25) is 4.18 Å². The van der Waals surface area contributed by atoms with Crippen molar-refractivity contribution in [3.8, 4) is 0 Å². The minimum Gasteiger partial charge on any atom is -0.399 e. The van der Waals surface area contributed by atoms with E-state index >= 15 is 0 Å². The van der Waals surface area contributed by atoms with Crippen molar-refractivity contribution in [3.05, 3.63) is 0 Å². The first-order valence-electron chi connectivity index (χ1n) is 3.03. The van der Waals surface area contributed by atoms with Gasteiger partial charge in [0.2, 0.25) is 0 Å². The molecule has 0 aliphatic heterocycles. The number of rotatable bonds is 5. The number of oxime groups is 1. The van der Waals surface area contributed by atoms with Crippen LogP contribution in [0.15, 0.2) is 5.16 Å². The minimum atomic E-state index is -3.45. The maximum absolute atomic E-state index is 10.8. The summed E-state index contributed by atoms with van der Waals surface area (Å²) in [6.45, 7) is 1.67.